The highest BCUT2D eigenvalue weighted by Gasteiger charge is 2.20. The van der Waals surface area contributed by atoms with Crippen molar-refractivity contribution in [3.05, 3.63) is 46.0 Å². The summed E-state index contributed by atoms with van der Waals surface area (Å²) in [7, 11) is 3.54. The molecule has 1 aromatic carbocycles. The summed E-state index contributed by atoms with van der Waals surface area (Å²) in [5, 5.41) is 28.8. The molecule has 0 amide bonds. The zero-order chi connectivity index (χ0) is 17.7. The van der Waals surface area contributed by atoms with Gasteiger partial charge in [0.05, 0.1) is 23.2 Å². The molecule has 2 rings (SSSR count). The van der Waals surface area contributed by atoms with E-state index in [1.54, 1.807) is 43.3 Å². The molecule has 0 bridgehead atoms. The molecule has 0 spiro atoms. The zero-order valence-corrected chi connectivity index (χ0v) is 13.7. The third-order valence-corrected chi connectivity index (χ3v) is 3.29. The second-order valence-corrected chi connectivity index (χ2v) is 5.40. The largest absolute Gasteiger partial charge is 0.369 e. The van der Waals surface area contributed by atoms with Gasteiger partial charge in [-0.05, 0) is 12.1 Å². The lowest BCUT2D eigenvalue weighted by atomic mass is 9.98. The van der Waals surface area contributed by atoms with Gasteiger partial charge in [0.25, 0.3) is 0 Å². The van der Waals surface area contributed by atoms with Crippen LogP contribution in [0.2, 0.25) is 5.02 Å². The molecule has 2 aromatic rings. The second-order valence-electron chi connectivity index (χ2n) is 4.96. The van der Waals surface area contributed by atoms with Crippen molar-refractivity contribution in [3.8, 4) is 29.5 Å². The van der Waals surface area contributed by atoms with Crippen molar-refractivity contribution in [1.82, 2.24) is 9.88 Å². The summed E-state index contributed by atoms with van der Waals surface area (Å²) >= 11 is 5.89. The number of hydrogen-bond donors (Lipinski definition) is 0. The van der Waals surface area contributed by atoms with Gasteiger partial charge in [-0.2, -0.15) is 15.8 Å². The Morgan fingerprint density at radius 3 is 2.08 bits per heavy atom. The minimum absolute atomic E-state index is 0.0233. The summed E-state index contributed by atoms with van der Waals surface area (Å²) < 4.78 is 0. The number of hydrogen-bond acceptors (Lipinski definition) is 5. The molecular weight excluding hydrogens is 324 g/mol. The van der Waals surface area contributed by atoms with Gasteiger partial charge in [-0.15, -0.1) is 0 Å². The number of aliphatic imine (C=N–C) groups is 1. The minimum Gasteiger partial charge on any atom is -0.369 e. The monoisotopic (exact) mass is 334 g/mol. The van der Waals surface area contributed by atoms with E-state index in [2.05, 4.69) is 9.98 Å². The molecule has 0 N–H and O–H groups in total. The van der Waals surface area contributed by atoms with Gasteiger partial charge in [-0.1, -0.05) is 23.7 Å². The number of benzene rings is 1. The quantitative estimate of drug-likeness (QED) is 0.633. The van der Waals surface area contributed by atoms with Crippen molar-refractivity contribution in [2.75, 3.05) is 14.1 Å². The van der Waals surface area contributed by atoms with Crippen LogP contribution in [0.1, 0.15) is 16.7 Å². The number of aromatic nitrogens is 1. The molecule has 0 saturated heterocycles. The number of pyridine rings is 1. The molecule has 0 unspecified atom stereocenters. The van der Waals surface area contributed by atoms with Gasteiger partial charge >= 0.3 is 0 Å². The predicted molar refractivity (Wildman–Crippen MR) is 90.7 cm³/mol. The third-order valence-electron chi connectivity index (χ3n) is 3.04. The number of halogens is 1. The maximum Gasteiger partial charge on any atom is 0.173 e. The standard InChI is InChI=1S/C17H11ClN6/c1-24(2)10-22-17-15(9-21)13(7-19)14(8-20)16(23-17)11-3-5-12(18)6-4-11/h3-6,10H,1-2H3/b22-10+. The van der Waals surface area contributed by atoms with Gasteiger partial charge in [-0.3, -0.25) is 0 Å². The lowest BCUT2D eigenvalue weighted by Gasteiger charge is -2.10. The first-order chi connectivity index (χ1) is 11.5. The molecule has 0 saturated carbocycles. The fourth-order valence-corrected chi connectivity index (χ4v) is 2.11. The Balaban J connectivity index is 2.82. The Morgan fingerprint density at radius 1 is 1.00 bits per heavy atom. The number of nitriles is 3. The number of nitrogens with zero attached hydrogens (tertiary/aromatic N) is 6. The van der Waals surface area contributed by atoms with Gasteiger partial charge in [0.15, 0.2) is 5.82 Å². The maximum atomic E-state index is 9.45. The second kappa shape index (κ2) is 7.24. The maximum absolute atomic E-state index is 9.45. The Hall–Kier alpha value is -3.40. The smallest absolute Gasteiger partial charge is 0.173 e. The van der Waals surface area contributed by atoms with E-state index in [9.17, 15) is 15.8 Å². The van der Waals surface area contributed by atoms with Crippen molar-refractivity contribution in [2.45, 2.75) is 0 Å². The van der Waals surface area contributed by atoms with Crippen molar-refractivity contribution in [3.63, 3.8) is 0 Å². The highest BCUT2D eigenvalue weighted by Crippen LogP contribution is 2.31. The molecular formula is C17H11ClN6. The topological polar surface area (TPSA) is 99.9 Å². The van der Waals surface area contributed by atoms with Gasteiger partial charge in [0.2, 0.25) is 0 Å². The molecule has 1 heterocycles. The molecule has 0 radical (unpaired) electrons. The van der Waals surface area contributed by atoms with Crippen LogP contribution in [0, 0.1) is 34.0 Å². The van der Waals surface area contributed by atoms with Crippen LogP contribution in [0.3, 0.4) is 0 Å². The van der Waals surface area contributed by atoms with E-state index in [-0.39, 0.29) is 28.2 Å². The van der Waals surface area contributed by atoms with E-state index in [0.29, 0.717) is 10.6 Å². The highest BCUT2D eigenvalue weighted by atomic mass is 35.5. The fourth-order valence-electron chi connectivity index (χ4n) is 1.98. The zero-order valence-electron chi connectivity index (χ0n) is 12.9. The first-order valence-corrected chi connectivity index (χ1v) is 7.14. The summed E-state index contributed by atoms with van der Waals surface area (Å²) in [5.41, 5.74) is 0.879. The molecule has 0 fully saturated rings. The van der Waals surface area contributed by atoms with Crippen LogP contribution in [0.5, 0.6) is 0 Å². The summed E-state index contributed by atoms with van der Waals surface area (Å²) in [6.45, 7) is 0. The molecule has 0 aliphatic carbocycles. The number of rotatable bonds is 3. The van der Waals surface area contributed by atoms with Crippen molar-refractivity contribution in [1.29, 1.82) is 15.8 Å². The van der Waals surface area contributed by atoms with Crippen molar-refractivity contribution in [2.24, 2.45) is 4.99 Å². The van der Waals surface area contributed by atoms with Crippen LogP contribution in [0.15, 0.2) is 29.3 Å². The molecule has 0 atom stereocenters. The highest BCUT2D eigenvalue weighted by molar-refractivity contribution is 6.30. The molecule has 24 heavy (non-hydrogen) atoms. The van der Waals surface area contributed by atoms with Gasteiger partial charge in [0.1, 0.15) is 23.8 Å². The SMILES string of the molecule is CN(C)/C=N/c1nc(-c2ccc(Cl)cc2)c(C#N)c(C#N)c1C#N. The van der Waals surface area contributed by atoms with Gasteiger partial charge in [-0.25, -0.2) is 9.98 Å². The first-order valence-electron chi connectivity index (χ1n) is 6.76. The molecule has 6 nitrogen and oxygen atoms in total. The van der Waals surface area contributed by atoms with Crippen LogP contribution in [0.4, 0.5) is 5.82 Å². The predicted octanol–water partition coefficient (Wildman–Crippen LogP) is 3.24. The molecule has 0 aliphatic rings. The van der Waals surface area contributed by atoms with Crippen LogP contribution in [-0.2, 0) is 0 Å². The lowest BCUT2D eigenvalue weighted by molar-refractivity contribution is 0.643. The normalized spacial score (nSPS) is 10.0. The lowest BCUT2D eigenvalue weighted by Crippen LogP contribution is -2.08. The van der Waals surface area contributed by atoms with Gasteiger partial charge < -0.3 is 4.90 Å². The van der Waals surface area contributed by atoms with Crippen LogP contribution < -0.4 is 0 Å². The van der Waals surface area contributed by atoms with Crippen LogP contribution in [0.25, 0.3) is 11.3 Å². The van der Waals surface area contributed by atoms with Crippen molar-refractivity contribution >= 4 is 23.8 Å². The van der Waals surface area contributed by atoms with Crippen LogP contribution in [-0.4, -0.2) is 30.3 Å². The summed E-state index contributed by atoms with van der Waals surface area (Å²) in [6.07, 6.45) is 1.47. The van der Waals surface area contributed by atoms with Crippen molar-refractivity contribution < 1.29 is 0 Å². The molecule has 7 heteroatoms. The van der Waals surface area contributed by atoms with E-state index in [4.69, 9.17) is 11.6 Å². The van der Waals surface area contributed by atoms with Gasteiger partial charge in [0, 0.05) is 24.7 Å². The molecule has 0 aliphatic heterocycles. The Kier molecular flexibility index (Phi) is 5.12. The Bertz CT molecular complexity index is 924. The fraction of sp³-hybridized carbons (Fsp3) is 0.118. The summed E-state index contributed by atoms with van der Waals surface area (Å²) in [6, 6.07) is 12.5. The summed E-state index contributed by atoms with van der Waals surface area (Å²) in [4.78, 5) is 10.2. The van der Waals surface area contributed by atoms with E-state index in [1.165, 1.54) is 6.34 Å². The molecule has 116 valence electrons. The average Bonchev–Trinajstić information content (AvgIpc) is 2.58. The summed E-state index contributed by atoms with van der Waals surface area (Å²) in [5.74, 6) is 0.0895. The third kappa shape index (κ3) is 3.33. The van der Waals surface area contributed by atoms with E-state index >= 15 is 0 Å². The first kappa shape index (κ1) is 17.0. The van der Waals surface area contributed by atoms with E-state index in [1.807, 2.05) is 18.2 Å². The molecule has 1 aromatic heterocycles. The Morgan fingerprint density at radius 2 is 1.58 bits per heavy atom. The Labute approximate surface area is 144 Å². The van der Waals surface area contributed by atoms with E-state index in [0.717, 1.165) is 0 Å². The average molecular weight is 335 g/mol. The van der Waals surface area contributed by atoms with E-state index < -0.39 is 0 Å². The van der Waals surface area contributed by atoms with Crippen LogP contribution >= 0.6 is 11.6 Å². The minimum atomic E-state index is -0.0362.